The lowest BCUT2D eigenvalue weighted by Crippen LogP contribution is -1.94. The van der Waals surface area contributed by atoms with Gasteiger partial charge in [-0.2, -0.15) is 10.2 Å². The molecule has 1 N–H and O–H groups in total. The second-order valence-corrected chi connectivity index (χ2v) is 4.02. The first-order valence-corrected chi connectivity index (χ1v) is 5.49. The molecule has 0 aliphatic rings. The molecule has 0 atom stereocenters. The highest BCUT2D eigenvalue weighted by atomic mass is 35.5. The van der Waals surface area contributed by atoms with Crippen LogP contribution < -0.4 is 0 Å². The van der Waals surface area contributed by atoms with Crippen molar-refractivity contribution in [1.29, 1.82) is 0 Å². The zero-order valence-corrected chi connectivity index (χ0v) is 10.1. The van der Waals surface area contributed by atoms with Crippen LogP contribution in [0.25, 0.3) is 22.9 Å². The van der Waals surface area contributed by atoms with Crippen molar-refractivity contribution in [2.75, 3.05) is 0 Å². The Kier molecular flexibility index (Phi) is 2.52. The predicted molar refractivity (Wildman–Crippen MR) is 64.6 cm³/mol. The number of aryl methyl sites for hydroxylation is 1. The van der Waals surface area contributed by atoms with Crippen molar-refractivity contribution in [3.63, 3.8) is 0 Å². The lowest BCUT2D eigenvalue weighted by Gasteiger charge is -2.00. The molecule has 0 amide bonds. The molecule has 7 nitrogen and oxygen atoms in total. The molecular formula is C10H8ClN7. The number of nitrogens with zero attached hydrogens (tertiary/aromatic N) is 6. The molecule has 18 heavy (non-hydrogen) atoms. The molecule has 0 radical (unpaired) electrons. The summed E-state index contributed by atoms with van der Waals surface area (Å²) in [5.74, 6) is 0.876. The van der Waals surface area contributed by atoms with Crippen LogP contribution in [-0.2, 0) is 7.05 Å². The van der Waals surface area contributed by atoms with E-state index in [9.17, 15) is 0 Å². The number of aromatic nitrogens is 7. The van der Waals surface area contributed by atoms with Crippen molar-refractivity contribution < 1.29 is 0 Å². The molecule has 8 heteroatoms. The summed E-state index contributed by atoms with van der Waals surface area (Å²) in [7, 11) is 1.84. The van der Waals surface area contributed by atoms with Crippen LogP contribution in [0.15, 0.2) is 24.8 Å². The summed E-state index contributed by atoms with van der Waals surface area (Å²) in [6.07, 6.45) is 4.95. The molecule has 0 spiro atoms. The molecule has 0 aliphatic carbocycles. The van der Waals surface area contributed by atoms with Gasteiger partial charge < -0.3 is 0 Å². The van der Waals surface area contributed by atoms with Crippen molar-refractivity contribution in [3.05, 3.63) is 29.9 Å². The molecule has 0 aliphatic heterocycles. The van der Waals surface area contributed by atoms with Gasteiger partial charge in [-0.25, -0.2) is 15.0 Å². The minimum atomic E-state index is 0.343. The quantitative estimate of drug-likeness (QED) is 0.703. The second kappa shape index (κ2) is 4.19. The van der Waals surface area contributed by atoms with Gasteiger partial charge in [0.05, 0.1) is 11.9 Å². The minimum Gasteiger partial charge on any atom is -0.275 e. The van der Waals surface area contributed by atoms with E-state index in [0.29, 0.717) is 22.5 Å². The highest BCUT2D eigenvalue weighted by Gasteiger charge is 2.10. The molecule has 0 unspecified atom stereocenters. The van der Waals surface area contributed by atoms with E-state index in [1.54, 1.807) is 16.9 Å². The van der Waals surface area contributed by atoms with Gasteiger partial charge in [0.25, 0.3) is 0 Å². The smallest absolute Gasteiger partial charge is 0.199 e. The van der Waals surface area contributed by atoms with Crippen LogP contribution in [0.1, 0.15) is 0 Å². The molecule has 0 saturated heterocycles. The van der Waals surface area contributed by atoms with Crippen LogP contribution in [0.5, 0.6) is 0 Å². The number of rotatable bonds is 2. The van der Waals surface area contributed by atoms with Crippen molar-refractivity contribution in [1.82, 2.24) is 34.9 Å². The average Bonchev–Trinajstić information content (AvgIpc) is 2.98. The van der Waals surface area contributed by atoms with Crippen LogP contribution >= 0.6 is 11.6 Å². The summed E-state index contributed by atoms with van der Waals surface area (Å²) in [4.78, 5) is 12.5. The first-order chi connectivity index (χ1) is 8.72. The zero-order chi connectivity index (χ0) is 12.5. The maximum absolute atomic E-state index is 5.98. The van der Waals surface area contributed by atoms with E-state index in [2.05, 4.69) is 30.2 Å². The first-order valence-electron chi connectivity index (χ1n) is 5.12. The number of nitrogens with one attached hydrogen (secondary N) is 1. The number of H-pyrrole nitrogens is 1. The maximum Gasteiger partial charge on any atom is 0.199 e. The molecule has 0 bridgehead atoms. The number of halogens is 1. The van der Waals surface area contributed by atoms with Crippen molar-refractivity contribution in [3.8, 4) is 22.9 Å². The molecular weight excluding hydrogens is 254 g/mol. The monoisotopic (exact) mass is 261 g/mol. The fraction of sp³-hybridized carbons (Fsp3) is 0.100. The Morgan fingerprint density at radius 3 is 2.89 bits per heavy atom. The Labute approximate surface area is 107 Å². The highest BCUT2D eigenvalue weighted by molar-refractivity contribution is 6.29. The van der Waals surface area contributed by atoms with Crippen molar-refractivity contribution >= 4 is 11.6 Å². The first kappa shape index (κ1) is 10.8. The van der Waals surface area contributed by atoms with Gasteiger partial charge in [-0.15, -0.1) is 0 Å². The summed E-state index contributed by atoms with van der Waals surface area (Å²) in [5.41, 5.74) is 1.55. The summed E-state index contributed by atoms with van der Waals surface area (Å²) < 4.78 is 1.69. The maximum atomic E-state index is 5.98. The third-order valence-electron chi connectivity index (χ3n) is 2.32. The van der Waals surface area contributed by atoms with Crippen molar-refractivity contribution in [2.24, 2.45) is 7.05 Å². The van der Waals surface area contributed by atoms with Crippen LogP contribution in [0.3, 0.4) is 0 Å². The zero-order valence-electron chi connectivity index (χ0n) is 9.37. The van der Waals surface area contributed by atoms with E-state index in [1.165, 1.54) is 6.33 Å². The second-order valence-electron chi connectivity index (χ2n) is 3.64. The van der Waals surface area contributed by atoms with Gasteiger partial charge in [0.1, 0.15) is 11.5 Å². The lowest BCUT2D eigenvalue weighted by atomic mass is 10.2. The van der Waals surface area contributed by atoms with E-state index in [1.807, 2.05) is 13.2 Å². The molecule has 0 fully saturated rings. The number of hydrogen-bond acceptors (Lipinski definition) is 5. The predicted octanol–water partition coefficient (Wildman–Crippen LogP) is 1.32. The van der Waals surface area contributed by atoms with Gasteiger partial charge >= 0.3 is 0 Å². The van der Waals surface area contributed by atoms with Crippen LogP contribution in [0.4, 0.5) is 0 Å². The number of aromatic amines is 1. The normalized spacial score (nSPS) is 10.8. The van der Waals surface area contributed by atoms with E-state index >= 15 is 0 Å². The molecule has 3 aromatic heterocycles. The van der Waals surface area contributed by atoms with Crippen LogP contribution in [0, 0.1) is 0 Å². The molecule has 3 aromatic rings. The Bertz CT molecular complexity index is 673. The van der Waals surface area contributed by atoms with Crippen LogP contribution in [-0.4, -0.2) is 34.9 Å². The van der Waals surface area contributed by atoms with E-state index in [0.717, 1.165) is 5.56 Å². The lowest BCUT2D eigenvalue weighted by molar-refractivity contribution is 0.768. The van der Waals surface area contributed by atoms with Gasteiger partial charge in [0, 0.05) is 24.9 Å². The average molecular weight is 262 g/mol. The Hall–Kier alpha value is -2.28. The summed E-state index contributed by atoms with van der Waals surface area (Å²) in [6, 6.07) is 1.68. The fourth-order valence-electron chi connectivity index (χ4n) is 1.54. The molecule has 0 saturated carbocycles. The van der Waals surface area contributed by atoms with E-state index < -0.39 is 0 Å². The highest BCUT2D eigenvalue weighted by Crippen LogP contribution is 2.21. The minimum absolute atomic E-state index is 0.343. The molecule has 0 aromatic carbocycles. The third-order valence-corrected chi connectivity index (χ3v) is 2.52. The summed E-state index contributed by atoms with van der Waals surface area (Å²) in [5, 5.41) is 10.9. The van der Waals surface area contributed by atoms with Gasteiger partial charge in [0.2, 0.25) is 0 Å². The Morgan fingerprint density at radius 1 is 1.33 bits per heavy atom. The van der Waals surface area contributed by atoms with Gasteiger partial charge in [0.15, 0.2) is 11.6 Å². The van der Waals surface area contributed by atoms with Gasteiger partial charge in [-0.05, 0) is 0 Å². The molecule has 90 valence electrons. The summed E-state index contributed by atoms with van der Waals surface area (Å²) >= 11 is 5.98. The number of hydrogen-bond donors (Lipinski definition) is 1. The standard InChI is InChI=1S/C10H8ClN7/c1-18-4-6(3-14-18)7-2-8(11)16-10(15-7)9-12-5-13-17-9/h2-5H,1H3,(H,12,13,17). The summed E-state index contributed by atoms with van der Waals surface area (Å²) in [6.45, 7) is 0. The van der Waals surface area contributed by atoms with Crippen molar-refractivity contribution in [2.45, 2.75) is 0 Å². The van der Waals surface area contributed by atoms with E-state index in [4.69, 9.17) is 11.6 Å². The van der Waals surface area contributed by atoms with E-state index in [-0.39, 0.29) is 0 Å². The SMILES string of the molecule is Cn1cc(-c2cc(Cl)nc(-c3ncn[nH]3)n2)cn1. The third kappa shape index (κ3) is 1.95. The topological polar surface area (TPSA) is 85.2 Å². The van der Waals surface area contributed by atoms with Gasteiger partial charge in [-0.1, -0.05) is 11.6 Å². The van der Waals surface area contributed by atoms with Gasteiger partial charge in [-0.3, -0.25) is 9.78 Å². The molecule has 3 heterocycles. The Morgan fingerprint density at radius 2 is 2.22 bits per heavy atom. The molecule has 3 rings (SSSR count). The van der Waals surface area contributed by atoms with Crippen LogP contribution in [0.2, 0.25) is 5.15 Å². The largest absolute Gasteiger partial charge is 0.275 e. The Balaban J connectivity index is 2.11. The fourth-order valence-corrected chi connectivity index (χ4v) is 1.72.